The number of nitrogens with one attached hydrogen (secondary N) is 1. The predicted molar refractivity (Wildman–Crippen MR) is 71.6 cm³/mol. The maximum Gasteiger partial charge on any atom is 0.182 e. The minimum Gasteiger partial charge on any atom is -0.380 e. The number of benzene rings is 1. The molecule has 2 rings (SSSR count). The van der Waals surface area contributed by atoms with E-state index in [1.807, 2.05) is 11.5 Å². The lowest BCUT2D eigenvalue weighted by molar-refractivity contribution is 0.139. The van der Waals surface area contributed by atoms with Crippen LogP contribution in [0.15, 0.2) is 12.1 Å². The SMILES string of the molecule is CCOCCn1c(=N)sc2cc(C)c(C)cc21. The van der Waals surface area contributed by atoms with Crippen molar-refractivity contribution in [3.05, 3.63) is 28.1 Å². The first kappa shape index (κ1) is 12.3. The molecule has 3 nitrogen and oxygen atoms in total. The third kappa shape index (κ3) is 2.42. The Balaban J connectivity index is 2.44. The van der Waals surface area contributed by atoms with Gasteiger partial charge >= 0.3 is 0 Å². The van der Waals surface area contributed by atoms with Gasteiger partial charge in [0.1, 0.15) is 0 Å². The van der Waals surface area contributed by atoms with Crippen molar-refractivity contribution in [2.45, 2.75) is 27.3 Å². The average Bonchev–Trinajstić information content (AvgIpc) is 2.57. The van der Waals surface area contributed by atoms with Crippen LogP contribution in [-0.4, -0.2) is 17.8 Å². The molecule has 0 amide bonds. The highest BCUT2D eigenvalue weighted by atomic mass is 32.1. The molecule has 0 saturated carbocycles. The van der Waals surface area contributed by atoms with E-state index >= 15 is 0 Å². The van der Waals surface area contributed by atoms with Crippen molar-refractivity contribution in [2.24, 2.45) is 0 Å². The molecule has 0 spiro atoms. The standard InChI is InChI=1S/C13H18N2OS/c1-4-16-6-5-15-11-7-9(2)10(3)8-12(11)17-13(15)14/h7-8,14H,4-6H2,1-3H3. The van der Waals surface area contributed by atoms with E-state index in [2.05, 4.69) is 26.0 Å². The Kier molecular flexibility index (Phi) is 3.64. The zero-order valence-corrected chi connectivity index (χ0v) is 11.4. The number of hydrogen-bond donors (Lipinski definition) is 1. The Morgan fingerprint density at radius 3 is 2.71 bits per heavy atom. The third-order valence-electron chi connectivity index (χ3n) is 2.98. The first-order valence-electron chi connectivity index (χ1n) is 5.86. The van der Waals surface area contributed by atoms with Gasteiger partial charge in [0.2, 0.25) is 0 Å². The molecular weight excluding hydrogens is 232 g/mol. The fourth-order valence-electron chi connectivity index (χ4n) is 1.86. The molecule has 92 valence electrons. The Morgan fingerprint density at radius 1 is 1.29 bits per heavy atom. The Bertz CT molecular complexity index is 583. The van der Waals surface area contributed by atoms with Gasteiger partial charge in [-0.2, -0.15) is 0 Å². The fraction of sp³-hybridized carbons (Fsp3) is 0.462. The number of nitrogens with zero attached hydrogens (tertiary/aromatic N) is 1. The van der Waals surface area contributed by atoms with Gasteiger partial charge in [-0.05, 0) is 44.0 Å². The summed E-state index contributed by atoms with van der Waals surface area (Å²) in [5, 5.41) is 8.00. The van der Waals surface area contributed by atoms with Crippen LogP contribution in [0.25, 0.3) is 10.2 Å². The number of hydrogen-bond acceptors (Lipinski definition) is 3. The quantitative estimate of drug-likeness (QED) is 0.833. The van der Waals surface area contributed by atoms with Gasteiger partial charge in [-0.1, -0.05) is 11.3 Å². The van der Waals surface area contributed by atoms with Gasteiger partial charge in [0.05, 0.1) is 16.8 Å². The smallest absolute Gasteiger partial charge is 0.182 e. The summed E-state index contributed by atoms with van der Waals surface area (Å²) in [7, 11) is 0. The summed E-state index contributed by atoms with van der Waals surface area (Å²) >= 11 is 1.53. The summed E-state index contributed by atoms with van der Waals surface area (Å²) in [6.07, 6.45) is 0. The number of ether oxygens (including phenoxy) is 1. The molecule has 0 bridgehead atoms. The van der Waals surface area contributed by atoms with Crippen LogP contribution in [0.1, 0.15) is 18.1 Å². The van der Waals surface area contributed by atoms with E-state index in [0.717, 1.165) is 18.7 Å². The second kappa shape index (κ2) is 5.02. The van der Waals surface area contributed by atoms with Gasteiger partial charge in [-0.3, -0.25) is 5.41 Å². The molecule has 1 aromatic heterocycles. The number of fused-ring (bicyclic) bond motifs is 1. The Labute approximate surface area is 105 Å². The molecule has 0 unspecified atom stereocenters. The van der Waals surface area contributed by atoms with Crippen LogP contribution < -0.4 is 4.80 Å². The van der Waals surface area contributed by atoms with Crippen LogP contribution in [-0.2, 0) is 11.3 Å². The summed E-state index contributed by atoms with van der Waals surface area (Å²) < 4.78 is 8.58. The number of rotatable bonds is 4. The van der Waals surface area contributed by atoms with E-state index < -0.39 is 0 Å². The minimum absolute atomic E-state index is 0.602. The Hall–Kier alpha value is -1.13. The van der Waals surface area contributed by atoms with E-state index in [0.29, 0.717) is 11.4 Å². The van der Waals surface area contributed by atoms with Gasteiger partial charge in [-0.15, -0.1) is 0 Å². The molecule has 0 saturated heterocycles. The molecule has 0 aliphatic rings. The molecule has 1 aromatic carbocycles. The number of thiazole rings is 1. The van der Waals surface area contributed by atoms with Gasteiger partial charge in [0.15, 0.2) is 4.80 Å². The van der Waals surface area contributed by atoms with Crippen LogP contribution in [0.2, 0.25) is 0 Å². The fourth-order valence-corrected chi connectivity index (χ4v) is 2.88. The number of aryl methyl sites for hydroxylation is 2. The first-order valence-corrected chi connectivity index (χ1v) is 6.68. The van der Waals surface area contributed by atoms with E-state index in [1.54, 1.807) is 0 Å². The molecule has 1 N–H and O–H groups in total. The molecule has 1 heterocycles. The zero-order chi connectivity index (χ0) is 12.4. The lowest BCUT2D eigenvalue weighted by Gasteiger charge is -2.06. The summed E-state index contributed by atoms with van der Waals surface area (Å²) in [6, 6.07) is 4.34. The van der Waals surface area contributed by atoms with Crippen molar-refractivity contribution in [1.29, 1.82) is 5.41 Å². The highest BCUT2D eigenvalue weighted by molar-refractivity contribution is 7.16. The molecule has 0 atom stereocenters. The summed E-state index contributed by atoms with van der Waals surface area (Å²) in [6.45, 7) is 8.38. The summed E-state index contributed by atoms with van der Waals surface area (Å²) in [5.41, 5.74) is 3.72. The molecule has 0 radical (unpaired) electrons. The normalized spacial score (nSPS) is 11.2. The van der Waals surface area contributed by atoms with Crippen LogP contribution in [0.4, 0.5) is 0 Å². The summed E-state index contributed by atoms with van der Waals surface area (Å²) in [4.78, 5) is 0.602. The van der Waals surface area contributed by atoms with Crippen molar-refractivity contribution in [3.8, 4) is 0 Å². The van der Waals surface area contributed by atoms with Crippen molar-refractivity contribution in [3.63, 3.8) is 0 Å². The van der Waals surface area contributed by atoms with E-state index in [-0.39, 0.29) is 0 Å². The second-order valence-electron chi connectivity index (χ2n) is 4.16. The highest BCUT2D eigenvalue weighted by Crippen LogP contribution is 2.21. The van der Waals surface area contributed by atoms with Crippen molar-refractivity contribution < 1.29 is 4.74 Å². The zero-order valence-electron chi connectivity index (χ0n) is 10.5. The molecular formula is C13H18N2OS. The van der Waals surface area contributed by atoms with Crippen LogP contribution in [0, 0.1) is 19.3 Å². The molecule has 17 heavy (non-hydrogen) atoms. The lowest BCUT2D eigenvalue weighted by Crippen LogP contribution is -2.16. The van der Waals surface area contributed by atoms with Crippen molar-refractivity contribution >= 4 is 21.6 Å². The Morgan fingerprint density at radius 2 is 2.00 bits per heavy atom. The van der Waals surface area contributed by atoms with Gasteiger partial charge in [0, 0.05) is 13.2 Å². The summed E-state index contributed by atoms with van der Waals surface area (Å²) in [5.74, 6) is 0. The van der Waals surface area contributed by atoms with Gasteiger partial charge in [-0.25, -0.2) is 0 Å². The average molecular weight is 250 g/mol. The minimum atomic E-state index is 0.602. The van der Waals surface area contributed by atoms with Crippen molar-refractivity contribution in [1.82, 2.24) is 4.57 Å². The topological polar surface area (TPSA) is 38.0 Å². The molecule has 0 fully saturated rings. The molecule has 2 aromatic rings. The highest BCUT2D eigenvalue weighted by Gasteiger charge is 2.06. The second-order valence-corrected chi connectivity index (χ2v) is 5.19. The van der Waals surface area contributed by atoms with E-state index in [9.17, 15) is 0 Å². The lowest BCUT2D eigenvalue weighted by atomic mass is 10.1. The maximum atomic E-state index is 8.00. The predicted octanol–water partition coefficient (Wildman–Crippen LogP) is 2.84. The maximum absolute atomic E-state index is 8.00. The molecule has 0 aliphatic carbocycles. The monoisotopic (exact) mass is 250 g/mol. The van der Waals surface area contributed by atoms with Gasteiger partial charge < -0.3 is 9.30 Å². The van der Waals surface area contributed by atoms with Crippen LogP contribution in [0.3, 0.4) is 0 Å². The largest absolute Gasteiger partial charge is 0.380 e. The first-order chi connectivity index (χ1) is 8.13. The van der Waals surface area contributed by atoms with Crippen LogP contribution >= 0.6 is 11.3 Å². The third-order valence-corrected chi connectivity index (χ3v) is 3.94. The van der Waals surface area contributed by atoms with E-state index in [4.69, 9.17) is 10.1 Å². The van der Waals surface area contributed by atoms with E-state index in [1.165, 1.54) is 27.2 Å². The molecule has 0 aliphatic heterocycles. The van der Waals surface area contributed by atoms with Crippen molar-refractivity contribution in [2.75, 3.05) is 13.2 Å². The van der Waals surface area contributed by atoms with Crippen LogP contribution in [0.5, 0.6) is 0 Å². The van der Waals surface area contributed by atoms with Gasteiger partial charge in [0.25, 0.3) is 0 Å². The molecule has 4 heteroatoms. The number of aromatic nitrogens is 1.